The molecule has 1 heterocycles. The molecule has 1 saturated heterocycles. The summed E-state index contributed by atoms with van der Waals surface area (Å²) in [5, 5.41) is 2.67. The van der Waals surface area contributed by atoms with Gasteiger partial charge in [-0.05, 0) is 30.9 Å². The first-order valence-corrected chi connectivity index (χ1v) is 7.52. The number of benzene rings is 1. The van der Waals surface area contributed by atoms with Gasteiger partial charge in [0.2, 0.25) is 0 Å². The number of rotatable bonds is 5. The van der Waals surface area contributed by atoms with Crippen molar-refractivity contribution in [2.75, 3.05) is 26.2 Å². The standard InChI is InChI=1S/C16H23F3N2/c1-2-21-10-14(8-13-6-4-3-5-7-13)9-15(11-21)20-12-16(17,18)19/h3-7,14-15,20H,2,8-12H2,1H3. The highest BCUT2D eigenvalue weighted by molar-refractivity contribution is 5.15. The van der Waals surface area contributed by atoms with E-state index in [0.29, 0.717) is 12.5 Å². The third-order valence-electron chi connectivity index (χ3n) is 4.02. The highest BCUT2D eigenvalue weighted by atomic mass is 19.4. The first kappa shape index (κ1) is 16.3. The van der Waals surface area contributed by atoms with Crippen LogP contribution in [0.25, 0.3) is 0 Å². The van der Waals surface area contributed by atoms with Crippen LogP contribution in [0, 0.1) is 5.92 Å². The van der Waals surface area contributed by atoms with Gasteiger partial charge in [0.05, 0.1) is 6.54 Å². The van der Waals surface area contributed by atoms with Crippen LogP contribution in [-0.4, -0.2) is 43.3 Å². The lowest BCUT2D eigenvalue weighted by Gasteiger charge is -2.38. The minimum absolute atomic E-state index is 0.0750. The molecule has 0 amide bonds. The van der Waals surface area contributed by atoms with Crippen LogP contribution in [0.4, 0.5) is 13.2 Å². The number of alkyl halides is 3. The third kappa shape index (κ3) is 5.67. The van der Waals surface area contributed by atoms with Gasteiger partial charge >= 0.3 is 6.18 Å². The summed E-state index contributed by atoms with van der Waals surface area (Å²) in [5.74, 6) is 0.409. The van der Waals surface area contributed by atoms with E-state index >= 15 is 0 Å². The van der Waals surface area contributed by atoms with Gasteiger partial charge in [0, 0.05) is 19.1 Å². The largest absolute Gasteiger partial charge is 0.401 e. The lowest BCUT2D eigenvalue weighted by atomic mass is 9.88. The van der Waals surface area contributed by atoms with Gasteiger partial charge in [0.1, 0.15) is 0 Å². The highest BCUT2D eigenvalue weighted by Crippen LogP contribution is 2.22. The minimum Gasteiger partial charge on any atom is -0.305 e. The Morgan fingerprint density at radius 3 is 2.52 bits per heavy atom. The molecule has 0 spiro atoms. The van der Waals surface area contributed by atoms with Crippen LogP contribution in [0.3, 0.4) is 0 Å². The Bertz CT molecular complexity index is 419. The van der Waals surface area contributed by atoms with Gasteiger partial charge in [-0.25, -0.2) is 0 Å². The second kappa shape index (κ2) is 7.27. The number of piperidine rings is 1. The van der Waals surface area contributed by atoms with Gasteiger partial charge in [0.15, 0.2) is 0 Å². The summed E-state index contributed by atoms with van der Waals surface area (Å²) in [6.45, 7) is 3.72. The number of halogens is 3. The van der Waals surface area contributed by atoms with Gasteiger partial charge in [-0.2, -0.15) is 13.2 Å². The number of likely N-dealkylation sites (N-methyl/N-ethyl adjacent to an activating group) is 1. The fourth-order valence-electron chi connectivity index (χ4n) is 3.06. The Labute approximate surface area is 124 Å². The Kier molecular flexibility index (Phi) is 5.65. The van der Waals surface area contributed by atoms with Crippen LogP contribution in [0.5, 0.6) is 0 Å². The summed E-state index contributed by atoms with van der Waals surface area (Å²) in [6, 6.07) is 10.1. The molecule has 2 nitrogen and oxygen atoms in total. The van der Waals surface area contributed by atoms with Crippen LogP contribution in [0.15, 0.2) is 30.3 Å². The molecule has 0 bridgehead atoms. The monoisotopic (exact) mass is 300 g/mol. The summed E-state index contributed by atoms with van der Waals surface area (Å²) in [6.07, 6.45) is -2.40. The molecule has 5 heteroatoms. The molecule has 1 aromatic carbocycles. The number of nitrogens with one attached hydrogen (secondary N) is 1. The Hall–Kier alpha value is -1.07. The van der Waals surface area contributed by atoms with Gasteiger partial charge in [0.25, 0.3) is 0 Å². The van der Waals surface area contributed by atoms with Gasteiger partial charge in [-0.15, -0.1) is 0 Å². The van der Waals surface area contributed by atoms with Gasteiger partial charge in [-0.3, -0.25) is 0 Å². The fraction of sp³-hybridized carbons (Fsp3) is 0.625. The average Bonchev–Trinajstić information content (AvgIpc) is 2.45. The minimum atomic E-state index is -4.14. The van der Waals surface area contributed by atoms with Crippen molar-refractivity contribution in [3.63, 3.8) is 0 Å². The van der Waals surface area contributed by atoms with Crippen molar-refractivity contribution in [2.45, 2.75) is 32.0 Å². The molecule has 0 radical (unpaired) electrons. The summed E-state index contributed by atoms with van der Waals surface area (Å²) in [7, 11) is 0. The van der Waals surface area contributed by atoms with Crippen LogP contribution in [-0.2, 0) is 6.42 Å². The van der Waals surface area contributed by atoms with E-state index in [1.54, 1.807) is 0 Å². The van der Waals surface area contributed by atoms with Crippen molar-refractivity contribution in [3.05, 3.63) is 35.9 Å². The molecular weight excluding hydrogens is 277 g/mol. The van der Waals surface area contributed by atoms with Crippen molar-refractivity contribution >= 4 is 0 Å². The van der Waals surface area contributed by atoms with E-state index < -0.39 is 12.7 Å². The summed E-state index contributed by atoms with van der Waals surface area (Å²) in [4.78, 5) is 2.24. The molecule has 0 aliphatic carbocycles. The van der Waals surface area contributed by atoms with E-state index in [-0.39, 0.29) is 6.04 Å². The Morgan fingerprint density at radius 2 is 1.90 bits per heavy atom. The smallest absolute Gasteiger partial charge is 0.305 e. The zero-order chi connectivity index (χ0) is 15.3. The topological polar surface area (TPSA) is 15.3 Å². The van der Waals surface area contributed by atoms with E-state index in [4.69, 9.17) is 0 Å². The third-order valence-corrected chi connectivity index (χ3v) is 4.02. The molecule has 1 fully saturated rings. The second-order valence-corrected chi connectivity index (χ2v) is 5.84. The second-order valence-electron chi connectivity index (χ2n) is 5.84. The maximum absolute atomic E-state index is 12.4. The SMILES string of the molecule is CCN1CC(Cc2ccccc2)CC(NCC(F)(F)F)C1. The lowest BCUT2D eigenvalue weighted by molar-refractivity contribution is -0.127. The molecule has 2 atom stereocenters. The predicted octanol–water partition coefficient (Wildman–Crippen LogP) is 3.09. The van der Waals surface area contributed by atoms with E-state index in [1.165, 1.54) is 5.56 Å². The number of hydrogen-bond donors (Lipinski definition) is 1. The van der Waals surface area contributed by atoms with E-state index in [1.807, 2.05) is 18.2 Å². The molecule has 21 heavy (non-hydrogen) atoms. The highest BCUT2D eigenvalue weighted by Gasteiger charge is 2.31. The normalized spacial score (nSPS) is 24.2. The van der Waals surface area contributed by atoms with Crippen LogP contribution >= 0.6 is 0 Å². The predicted molar refractivity (Wildman–Crippen MR) is 78.2 cm³/mol. The molecule has 1 N–H and O–H groups in total. The molecule has 1 aliphatic heterocycles. The number of likely N-dealkylation sites (tertiary alicyclic amines) is 1. The number of nitrogens with zero attached hydrogens (tertiary/aromatic N) is 1. The van der Waals surface area contributed by atoms with Crippen molar-refractivity contribution in [3.8, 4) is 0 Å². The molecular formula is C16H23F3N2. The van der Waals surface area contributed by atoms with Crippen LogP contribution in [0.2, 0.25) is 0 Å². The van der Waals surface area contributed by atoms with Crippen molar-refractivity contribution in [2.24, 2.45) is 5.92 Å². The first-order valence-electron chi connectivity index (χ1n) is 7.52. The summed E-state index contributed by atoms with van der Waals surface area (Å²) < 4.78 is 37.1. The quantitative estimate of drug-likeness (QED) is 0.899. The van der Waals surface area contributed by atoms with E-state index in [0.717, 1.165) is 25.9 Å². The summed E-state index contributed by atoms with van der Waals surface area (Å²) >= 11 is 0. The molecule has 0 saturated carbocycles. The maximum atomic E-state index is 12.4. The van der Waals surface area contributed by atoms with E-state index in [9.17, 15) is 13.2 Å². The van der Waals surface area contributed by atoms with Crippen molar-refractivity contribution in [1.82, 2.24) is 10.2 Å². The fourth-order valence-corrected chi connectivity index (χ4v) is 3.06. The number of hydrogen-bond acceptors (Lipinski definition) is 2. The zero-order valence-electron chi connectivity index (χ0n) is 12.4. The molecule has 1 aromatic rings. The lowest BCUT2D eigenvalue weighted by Crippen LogP contribution is -2.51. The van der Waals surface area contributed by atoms with Crippen molar-refractivity contribution < 1.29 is 13.2 Å². The average molecular weight is 300 g/mol. The molecule has 1 aliphatic rings. The molecule has 0 aromatic heterocycles. The van der Waals surface area contributed by atoms with Gasteiger partial charge in [-0.1, -0.05) is 37.3 Å². The molecule has 118 valence electrons. The molecule has 2 rings (SSSR count). The maximum Gasteiger partial charge on any atom is 0.401 e. The van der Waals surface area contributed by atoms with Gasteiger partial charge < -0.3 is 10.2 Å². The Balaban J connectivity index is 1.92. The van der Waals surface area contributed by atoms with E-state index in [2.05, 4.69) is 29.3 Å². The van der Waals surface area contributed by atoms with Crippen LogP contribution < -0.4 is 5.32 Å². The molecule has 2 unspecified atom stereocenters. The Morgan fingerprint density at radius 1 is 1.19 bits per heavy atom. The van der Waals surface area contributed by atoms with Crippen LogP contribution in [0.1, 0.15) is 18.9 Å². The summed E-state index contributed by atoms with van der Waals surface area (Å²) in [5.41, 5.74) is 1.26. The van der Waals surface area contributed by atoms with Crippen molar-refractivity contribution in [1.29, 1.82) is 0 Å². The first-order chi connectivity index (χ1) is 9.96. The zero-order valence-corrected chi connectivity index (χ0v) is 12.4.